The van der Waals surface area contributed by atoms with Gasteiger partial charge in [-0.05, 0) is 164 Å². The van der Waals surface area contributed by atoms with Gasteiger partial charge in [0, 0.05) is 0 Å². The normalized spacial score (nSPS) is 11.8. The lowest BCUT2D eigenvalue weighted by atomic mass is 9.83. The first-order valence-electron chi connectivity index (χ1n) is 16.9. The molecule has 0 bridgehead atoms. The first-order chi connectivity index (χ1) is 23.4. The molecule has 0 N–H and O–H groups in total. The smallest absolute Gasteiger partial charge is 0.00255 e. The van der Waals surface area contributed by atoms with Crippen LogP contribution < -0.4 is 0 Å². The van der Waals surface area contributed by atoms with Crippen molar-refractivity contribution in [3.8, 4) is 44.5 Å². The second kappa shape index (κ2) is 10.9. The molecule has 0 atom stereocenters. The number of aryl methyl sites for hydroxylation is 4. The molecular formula is C48H36. The summed E-state index contributed by atoms with van der Waals surface area (Å²) < 4.78 is 0. The van der Waals surface area contributed by atoms with Gasteiger partial charge in [0.25, 0.3) is 0 Å². The third-order valence-corrected chi connectivity index (χ3v) is 10.1. The molecule has 0 nitrogen and oxygen atoms in total. The fourth-order valence-electron chi connectivity index (χ4n) is 7.85. The van der Waals surface area contributed by atoms with Crippen molar-refractivity contribution in [1.29, 1.82) is 0 Å². The Morgan fingerprint density at radius 1 is 0.250 bits per heavy atom. The molecule has 0 saturated heterocycles. The summed E-state index contributed by atoms with van der Waals surface area (Å²) >= 11 is 0. The van der Waals surface area contributed by atoms with E-state index >= 15 is 0 Å². The van der Waals surface area contributed by atoms with Crippen LogP contribution in [0.3, 0.4) is 0 Å². The van der Waals surface area contributed by atoms with Crippen molar-refractivity contribution >= 4 is 43.1 Å². The van der Waals surface area contributed by atoms with E-state index in [1.54, 1.807) is 0 Å². The Bertz CT molecular complexity index is 2340. The zero-order valence-corrected chi connectivity index (χ0v) is 27.9. The third kappa shape index (κ3) is 4.76. The summed E-state index contributed by atoms with van der Waals surface area (Å²) in [5.74, 6) is 0. The summed E-state index contributed by atoms with van der Waals surface area (Å²) in [6, 6.07) is 55.0. The minimum atomic E-state index is 1.25. The second-order valence-corrected chi connectivity index (χ2v) is 13.8. The molecule has 0 fully saturated rings. The Hall–Kier alpha value is -5.72. The molecule has 0 aliphatic heterocycles. The highest BCUT2D eigenvalue weighted by atomic mass is 14.2. The van der Waals surface area contributed by atoms with Gasteiger partial charge >= 0.3 is 0 Å². The summed E-state index contributed by atoms with van der Waals surface area (Å²) in [6.45, 7) is 8.72. The Morgan fingerprint density at radius 3 is 0.729 bits per heavy atom. The average molecular weight is 613 g/mol. The quantitative estimate of drug-likeness (QED) is 0.137. The van der Waals surface area contributed by atoms with Crippen LogP contribution >= 0.6 is 0 Å². The molecule has 48 heavy (non-hydrogen) atoms. The van der Waals surface area contributed by atoms with Crippen molar-refractivity contribution in [2.24, 2.45) is 0 Å². The number of fused-ring (bicyclic) bond motifs is 2. The zero-order valence-electron chi connectivity index (χ0n) is 27.9. The van der Waals surface area contributed by atoms with Gasteiger partial charge in [-0.3, -0.25) is 0 Å². The van der Waals surface area contributed by atoms with Gasteiger partial charge in [-0.2, -0.15) is 0 Å². The van der Waals surface area contributed by atoms with Crippen LogP contribution in [0.25, 0.3) is 87.6 Å². The number of hydrogen-bond donors (Lipinski definition) is 0. The van der Waals surface area contributed by atoms with Gasteiger partial charge in [-0.15, -0.1) is 0 Å². The maximum atomic E-state index is 2.44. The van der Waals surface area contributed by atoms with Crippen molar-refractivity contribution in [1.82, 2.24) is 0 Å². The van der Waals surface area contributed by atoms with Crippen LogP contribution in [0.4, 0.5) is 0 Å². The van der Waals surface area contributed by atoms with E-state index in [1.165, 1.54) is 110 Å². The molecular weight excluding hydrogens is 577 g/mol. The lowest BCUT2D eigenvalue weighted by molar-refractivity contribution is 1.47. The first-order valence-corrected chi connectivity index (χ1v) is 16.9. The topological polar surface area (TPSA) is 0 Å². The predicted octanol–water partition coefficient (Wildman–Crippen LogP) is 13.6. The zero-order chi connectivity index (χ0) is 32.5. The number of benzene rings is 9. The highest BCUT2D eigenvalue weighted by molar-refractivity contribution is 6.35. The van der Waals surface area contributed by atoms with Gasteiger partial charge in [0.05, 0.1) is 0 Å². The molecule has 0 heterocycles. The van der Waals surface area contributed by atoms with Crippen molar-refractivity contribution in [2.75, 3.05) is 0 Å². The van der Waals surface area contributed by atoms with Crippen LogP contribution in [0.1, 0.15) is 22.3 Å². The largest absolute Gasteiger partial charge is 0.0614 e. The van der Waals surface area contributed by atoms with Crippen LogP contribution in [0, 0.1) is 27.7 Å². The summed E-state index contributed by atoms with van der Waals surface area (Å²) in [5, 5.41) is 10.5. The summed E-state index contributed by atoms with van der Waals surface area (Å²) in [7, 11) is 0. The van der Waals surface area contributed by atoms with Crippen LogP contribution in [-0.4, -0.2) is 0 Å². The van der Waals surface area contributed by atoms with Crippen LogP contribution in [0.5, 0.6) is 0 Å². The highest BCUT2D eigenvalue weighted by Gasteiger charge is 2.19. The molecule has 0 saturated carbocycles. The van der Waals surface area contributed by atoms with E-state index in [4.69, 9.17) is 0 Å². The fraction of sp³-hybridized carbons (Fsp3) is 0.0833. The monoisotopic (exact) mass is 612 g/mol. The van der Waals surface area contributed by atoms with Gasteiger partial charge in [0.15, 0.2) is 0 Å². The molecule has 228 valence electrons. The number of rotatable bonds is 4. The van der Waals surface area contributed by atoms with Gasteiger partial charge < -0.3 is 0 Å². The van der Waals surface area contributed by atoms with E-state index in [2.05, 4.69) is 173 Å². The molecule has 0 heteroatoms. The van der Waals surface area contributed by atoms with Gasteiger partial charge in [0.2, 0.25) is 0 Å². The van der Waals surface area contributed by atoms with Crippen LogP contribution in [-0.2, 0) is 0 Å². The molecule has 0 radical (unpaired) electrons. The minimum Gasteiger partial charge on any atom is -0.0614 e. The van der Waals surface area contributed by atoms with E-state index in [-0.39, 0.29) is 0 Å². The Balaban J connectivity index is 1.48. The molecule has 9 aromatic rings. The summed E-state index contributed by atoms with van der Waals surface area (Å²) in [6.07, 6.45) is 0. The van der Waals surface area contributed by atoms with E-state index in [9.17, 15) is 0 Å². The third-order valence-electron chi connectivity index (χ3n) is 10.1. The first kappa shape index (κ1) is 28.5. The molecule has 0 spiro atoms. The van der Waals surface area contributed by atoms with E-state index in [1.807, 2.05) is 0 Å². The van der Waals surface area contributed by atoms with Crippen LogP contribution in [0.2, 0.25) is 0 Å². The van der Waals surface area contributed by atoms with E-state index in [0.29, 0.717) is 0 Å². The Labute approximate surface area is 282 Å². The van der Waals surface area contributed by atoms with Crippen molar-refractivity contribution in [2.45, 2.75) is 27.7 Å². The average Bonchev–Trinajstić information content (AvgIpc) is 3.09. The molecule has 0 unspecified atom stereocenters. The maximum Gasteiger partial charge on any atom is -0.00255 e. The fourth-order valence-corrected chi connectivity index (χ4v) is 7.85. The second-order valence-electron chi connectivity index (χ2n) is 13.8. The highest BCUT2D eigenvalue weighted by Crippen LogP contribution is 2.46. The molecule has 9 rings (SSSR count). The van der Waals surface area contributed by atoms with E-state index < -0.39 is 0 Å². The Kier molecular flexibility index (Phi) is 6.49. The molecule has 9 aromatic carbocycles. The SMILES string of the molecule is Cc1cccc(-c2cc3cc(-c4cccc(C)c4)cc4c5cc(-c6cccc(C)c6)cc6cc(-c7cccc(C)c7)cc(c(c2)c34)c65)c1. The molecule has 0 aromatic heterocycles. The maximum absolute atomic E-state index is 2.44. The summed E-state index contributed by atoms with van der Waals surface area (Å²) in [4.78, 5) is 0. The number of hydrogen-bond acceptors (Lipinski definition) is 0. The van der Waals surface area contributed by atoms with Crippen molar-refractivity contribution in [3.05, 3.63) is 168 Å². The molecule has 0 aliphatic rings. The van der Waals surface area contributed by atoms with Gasteiger partial charge in [-0.1, -0.05) is 119 Å². The van der Waals surface area contributed by atoms with Gasteiger partial charge in [-0.25, -0.2) is 0 Å². The molecule has 0 aliphatic carbocycles. The van der Waals surface area contributed by atoms with Crippen molar-refractivity contribution in [3.63, 3.8) is 0 Å². The minimum absolute atomic E-state index is 1.25. The standard InChI is InChI=1S/C48H36/c1-29-9-5-13-33(17-29)37-21-41-22-38(34-14-6-10-30(2)18-34)27-45-46-28-40(36-16-8-12-32(4)20-36)24-42-23-39(35-15-7-11-31(3)19-35)26-44(48(42)46)43(25-37)47(41)45/h5-28H,1-4H3. The Morgan fingerprint density at radius 2 is 0.500 bits per heavy atom. The lowest BCUT2D eigenvalue weighted by Crippen LogP contribution is -1.93. The summed E-state index contributed by atoms with van der Waals surface area (Å²) in [5.41, 5.74) is 15.1. The predicted molar refractivity (Wildman–Crippen MR) is 208 cm³/mol. The van der Waals surface area contributed by atoms with Gasteiger partial charge in [0.1, 0.15) is 0 Å². The van der Waals surface area contributed by atoms with Crippen LogP contribution in [0.15, 0.2) is 146 Å². The lowest BCUT2D eigenvalue weighted by Gasteiger charge is -2.20. The van der Waals surface area contributed by atoms with Crippen molar-refractivity contribution < 1.29 is 0 Å². The van der Waals surface area contributed by atoms with E-state index in [0.717, 1.165) is 0 Å². The molecule has 0 amide bonds.